The van der Waals surface area contributed by atoms with Crippen LogP contribution < -0.4 is 5.32 Å². The van der Waals surface area contributed by atoms with Crippen molar-refractivity contribution in [1.29, 1.82) is 5.26 Å². The zero-order valence-electron chi connectivity index (χ0n) is 11.5. The van der Waals surface area contributed by atoms with Gasteiger partial charge in [0.15, 0.2) is 0 Å². The molecule has 0 radical (unpaired) electrons. The third kappa shape index (κ3) is 3.25. The zero-order chi connectivity index (χ0) is 15.4. The molecule has 3 rings (SSSR count). The lowest BCUT2D eigenvalue weighted by Gasteiger charge is -2.00. The van der Waals surface area contributed by atoms with Crippen LogP contribution in [0, 0.1) is 11.3 Å². The van der Waals surface area contributed by atoms with E-state index in [1.807, 2.05) is 48.5 Å². The van der Waals surface area contributed by atoms with Crippen LogP contribution in [-0.2, 0) is 0 Å². The Morgan fingerprint density at radius 1 is 1.09 bits per heavy atom. The second kappa shape index (κ2) is 6.29. The number of nitrogens with zero attached hydrogens (tertiary/aromatic N) is 2. The van der Waals surface area contributed by atoms with E-state index in [2.05, 4.69) is 16.4 Å². The highest BCUT2D eigenvalue weighted by molar-refractivity contribution is 8.18. The molecular weight excluding hydrogens is 294 g/mol. The van der Waals surface area contributed by atoms with Crippen LogP contribution in [0.2, 0.25) is 0 Å². The van der Waals surface area contributed by atoms with Gasteiger partial charge in [0.25, 0.3) is 5.24 Å². The molecule has 0 saturated carbocycles. The third-order valence-corrected chi connectivity index (χ3v) is 3.81. The molecule has 4 nitrogen and oxygen atoms in total. The quantitative estimate of drug-likeness (QED) is 0.909. The predicted octanol–water partition coefficient (Wildman–Crippen LogP) is 4.09. The van der Waals surface area contributed by atoms with Crippen molar-refractivity contribution in [2.45, 2.75) is 0 Å². The number of amidine groups is 1. The summed E-state index contributed by atoms with van der Waals surface area (Å²) in [6.07, 6.45) is 1.88. The van der Waals surface area contributed by atoms with Gasteiger partial charge in [0.2, 0.25) is 0 Å². The third-order valence-electron chi connectivity index (χ3n) is 2.99. The summed E-state index contributed by atoms with van der Waals surface area (Å²) in [7, 11) is 0. The number of nitriles is 1. The maximum absolute atomic E-state index is 11.6. The van der Waals surface area contributed by atoms with E-state index in [0.29, 0.717) is 11.4 Å². The maximum atomic E-state index is 11.6. The Bertz CT molecular complexity index is 802. The summed E-state index contributed by atoms with van der Waals surface area (Å²) in [5.74, 6) is 0.547. The number of hydrogen-bond acceptors (Lipinski definition) is 4. The Balaban J connectivity index is 1.93. The van der Waals surface area contributed by atoms with Gasteiger partial charge in [0, 0.05) is 0 Å². The standard InChI is InChI=1S/C17H11N3OS/c18-11-13-8-6-12(7-9-13)10-15-16(20-17(21)22-15)19-14-4-2-1-3-5-14/h1-10H,(H,19,20,21). The van der Waals surface area contributed by atoms with Crippen molar-refractivity contribution in [1.82, 2.24) is 5.32 Å². The highest BCUT2D eigenvalue weighted by Crippen LogP contribution is 2.28. The Morgan fingerprint density at radius 2 is 1.82 bits per heavy atom. The van der Waals surface area contributed by atoms with E-state index in [1.54, 1.807) is 12.1 Å². The summed E-state index contributed by atoms with van der Waals surface area (Å²) in [6, 6.07) is 18.7. The molecule has 0 atom stereocenters. The number of hydrogen-bond donors (Lipinski definition) is 1. The van der Waals surface area contributed by atoms with Crippen molar-refractivity contribution in [2.24, 2.45) is 4.99 Å². The normalized spacial score (nSPS) is 17.5. The lowest BCUT2D eigenvalue weighted by molar-refractivity contribution is 0.265. The number of rotatable bonds is 2. The molecule has 2 aromatic carbocycles. The van der Waals surface area contributed by atoms with Gasteiger partial charge >= 0.3 is 0 Å². The summed E-state index contributed by atoms with van der Waals surface area (Å²) >= 11 is 1.11. The highest BCUT2D eigenvalue weighted by atomic mass is 32.2. The van der Waals surface area contributed by atoms with Gasteiger partial charge in [-0.3, -0.25) is 4.79 Å². The molecule has 1 fully saturated rings. The minimum absolute atomic E-state index is 0.144. The van der Waals surface area contributed by atoms with Crippen LogP contribution >= 0.6 is 11.8 Å². The lowest BCUT2D eigenvalue weighted by atomic mass is 10.1. The highest BCUT2D eigenvalue weighted by Gasteiger charge is 2.23. The maximum Gasteiger partial charge on any atom is 0.289 e. The fraction of sp³-hybridized carbons (Fsp3) is 0. The van der Waals surface area contributed by atoms with Crippen molar-refractivity contribution >= 4 is 34.6 Å². The zero-order valence-corrected chi connectivity index (χ0v) is 12.3. The molecule has 0 aromatic heterocycles. The number of carbonyl (C=O) groups is 1. The van der Waals surface area contributed by atoms with Crippen LogP contribution in [0.3, 0.4) is 0 Å². The number of para-hydroxylation sites is 1. The van der Waals surface area contributed by atoms with E-state index in [0.717, 1.165) is 27.9 Å². The molecule has 106 valence electrons. The molecule has 1 heterocycles. The van der Waals surface area contributed by atoms with Gasteiger partial charge in [-0.05, 0) is 47.7 Å². The second-order valence-corrected chi connectivity index (χ2v) is 5.57. The van der Waals surface area contributed by atoms with E-state index >= 15 is 0 Å². The average Bonchev–Trinajstić information content (AvgIpc) is 2.88. The largest absolute Gasteiger partial charge is 0.300 e. The molecule has 0 bridgehead atoms. The Hall–Kier alpha value is -2.84. The predicted molar refractivity (Wildman–Crippen MR) is 88.8 cm³/mol. The van der Waals surface area contributed by atoms with Gasteiger partial charge in [-0.25, -0.2) is 4.99 Å². The van der Waals surface area contributed by atoms with Gasteiger partial charge < -0.3 is 5.32 Å². The Kier molecular flexibility index (Phi) is 4.03. The smallest absolute Gasteiger partial charge is 0.289 e. The van der Waals surface area contributed by atoms with Crippen LogP contribution in [0.5, 0.6) is 0 Å². The van der Waals surface area contributed by atoms with Gasteiger partial charge in [0.1, 0.15) is 5.84 Å². The summed E-state index contributed by atoms with van der Waals surface area (Å²) in [5, 5.41) is 11.4. The van der Waals surface area contributed by atoms with E-state index in [-0.39, 0.29) is 5.24 Å². The molecule has 5 heteroatoms. The molecule has 1 saturated heterocycles. The van der Waals surface area contributed by atoms with Gasteiger partial charge in [-0.1, -0.05) is 30.3 Å². The van der Waals surface area contributed by atoms with Crippen molar-refractivity contribution in [3.63, 3.8) is 0 Å². The van der Waals surface area contributed by atoms with Crippen LogP contribution in [0.4, 0.5) is 10.5 Å². The topological polar surface area (TPSA) is 65.2 Å². The van der Waals surface area contributed by atoms with Crippen LogP contribution in [0.25, 0.3) is 6.08 Å². The first kappa shape index (κ1) is 14.1. The van der Waals surface area contributed by atoms with Gasteiger partial charge in [-0.2, -0.15) is 5.26 Å². The van der Waals surface area contributed by atoms with E-state index in [4.69, 9.17) is 5.26 Å². The van der Waals surface area contributed by atoms with Crippen LogP contribution in [-0.4, -0.2) is 11.1 Å². The van der Waals surface area contributed by atoms with Crippen molar-refractivity contribution in [3.8, 4) is 6.07 Å². The fourth-order valence-electron chi connectivity index (χ4n) is 1.95. The first-order chi connectivity index (χ1) is 10.7. The number of aliphatic imine (C=N–C) groups is 1. The molecule has 22 heavy (non-hydrogen) atoms. The van der Waals surface area contributed by atoms with Crippen LogP contribution in [0.15, 0.2) is 64.5 Å². The second-order valence-electron chi connectivity index (χ2n) is 4.55. The summed E-state index contributed by atoms with van der Waals surface area (Å²) in [6.45, 7) is 0. The SMILES string of the molecule is N#Cc1ccc(C=C2SC(=O)NC2=Nc2ccccc2)cc1. The molecule has 1 N–H and O–H groups in total. The van der Waals surface area contributed by atoms with Crippen molar-refractivity contribution in [3.05, 3.63) is 70.6 Å². The number of amides is 1. The number of nitrogens with one attached hydrogen (secondary N) is 1. The first-order valence-electron chi connectivity index (χ1n) is 6.59. The molecule has 0 unspecified atom stereocenters. The molecule has 0 aliphatic carbocycles. The van der Waals surface area contributed by atoms with Crippen LogP contribution in [0.1, 0.15) is 11.1 Å². The molecule has 1 aliphatic rings. The first-order valence-corrected chi connectivity index (χ1v) is 7.41. The van der Waals surface area contributed by atoms with Crippen molar-refractivity contribution in [2.75, 3.05) is 0 Å². The van der Waals surface area contributed by atoms with E-state index in [1.165, 1.54) is 0 Å². The summed E-state index contributed by atoms with van der Waals surface area (Å²) in [5.41, 5.74) is 2.30. The van der Waals surface area contributed by atoms with Crippen molar-refractivity contribution < 1.29 is 4.79 Å². The van der Waals surface area contributed by atoms with Gasteiger partial charge in [-0.15, -0.1) is 0 Å². The Morgan fingerprint density at radius 3 is 2.50 bits per heavy atom. The molecular formula is C17H11N3OS. The fourth-order valence-corrected chi connectivity index (χ4v) is 2.69. The monoisotopic (exact) mass is 305 g/mol. The minimum atomic E-state index is -0.144. The molecule has 2 aromatic rings. The molecule has 1 amide bonds. The van der Waals surface area contributed by atoms with E-state index < -0.39 is 0 Å². The molecule has 0 spiro atoms. The Labute approximate surface area is 132 Å². The number of carbonyl (C=O) groups excluding carboxylic acids is 1. The average molecular weight is 305 g/mol. The lowest BCUT2D eigenvalue weighted by Crippen LogP contribution is -2.18. The number of thioether (sulfide) groups is 1. The summed E-state index contributed by atoms with van der Waals surface area (Å²) < 4.78 is 0. The van der Waals surface area contributed by atoms with E-state index in [9.17, 15) is 4.79 Å². The minimum Gasteiger partial charge on any atom is -0.300 e. The van der Waals surface area contributed by atoms with Gasteiger partial charge in [0.05, 0.1) is 22.2 Å². The summed E-state index contributed by atoms with van der Waals surface area (Å²) in [4.78, 5) is 16.9. The number of benzene rings is 2. The molecule has 1 aliphatic heterocycles.